The van der Waals surface area contributed by atoms with E-state index >= 15 is 0 Å². The second kappa shape index (κ2) is 5.79. The van der Waals surface area contributed by atoms with E-state index in [4.69, 9.17) is 5.11 Å². The fraction of sp³-hybridized carbons (Fsp3) is 0.923. The van der Waals surface area contributed by atoms with Crippen molar-refractivity contribution < 1.29 is 18.3 Å². The number of hydrogen-bond donors (Lipinski definition) is 1. The van der Waals surface area contributed by atoms with E-state index in [1.807, 2.05) is 0 Å². The first-order valence-corrected chi connectivity index (χ1v) is 8.98. The van der Waals surface area contributed by atoms with Crippen LogP contribution in [0.15, 0.2) is 0 Å². The summed E-state index contributed by atoms with van der Waals surface area (Å²) in [6, 6.07) is 0.157. The highest BCUT2D eigenvalue weighted by Gasteiger charge is 2.40. The Kier molecular flexibility index (Phi) is 4.50. The first-order valence-electron chi connectivity index (χ1n) is 7.02. The second-order valence-corrected chi connectivity index (χ2v) is 8.21. The van der Waals surface area contributed by atoms with Crippen LogP contribution in [-0.4, -0.2) is 55.0 Å². The Balaban J connectivity index is 1.91. The molecule has 0 aromatic rings. The Morgan fingerprint density at radius 1 is 1.32 bits per heavy atom. The average molecular weight is 289 g/mol. The summed E-state index contributed by atoms with van der Waals surface area (Å²) in [5.41, 5.74) is 0. The minimum atomic E-state index is -2.97. The van der Waals surface area contributed by atoms with Crippen molar-refractivity contribution in [2.75, 3.05) is 19.3 Å². The predicted octanol–water partition coefficient (Wildman–Crippen LogP) is 1.14. The molecule has 1 saturated heterocycles. The number of hydrogen-bond acceptors (Lipinski definition) is 4. The molecule has 6 heteroatoms. The van der Waals surface area contributed by atoms with E-state index in [2.05, 4.69) is 4.90 Å². The Bertz CT molecular complexity index is 434. The molecule has 1 aliphatic carbocycles. The van der Waals surface area contributed by atoms with Crippen LogP contribution in [0, 0.1) is 5.92 Å². The van der Waals surface area contributed by atoms with Gasteiger partial charge in [0.2, 0.25) is 0 Å². The lowest BCUT2D eigenvalue weighted by Gasteiger charge is -2.28. The Morgan fingerprint density at radius 3 is 2.68 bits per heavy atom. The number of sulfone groups is 1. The van der Waals surface area contributed by atoms with Gasteiger partial charge in [-0.15, -0.1) is 0 Å². The normalized spacial score (nSPS) is 32.8. The number of rotatable bonds is 5. The highest BCUT2D eigenvalue weighted by atomic mass is 32.2. The van der Waals surface area contributed by atoms with E-state index in [0.717, 1.165) is 38.8 Å². The summed E-state index contributed by atoms with van der Waals surface area (Å²) >= 11 is 0. The molecule has 110 valence electrons. The van der Waals surface area contributed by atoms with E-state index in [0.29, 0.717) is 12.3 Å². The molecule has 5 nitrogen and oxygen atoms in total. The molecule has 2 rings (SSSR count). The van der Waals surface area contributed by atoms with Gasteiger partial charge >= 0.3 is 5.97 Å². The van der Waals surface area contributed by atoms with Crippen LogP contribution in [0.5, 0.6) is 0 Å². The minimum Gasteiger partial charge on any atom is -0.481 e. The number of carboxylic acids is 1. The lowest BCUT2D eigenvalue weighted by Crippen LogP contribution is -2.42. The molecule has 3 atom stereocenters. The van der Waals surface area contributed by atoms with Gasteiger partial charge in [0, 0.05) is 25.3 Å². The van der Waals surface area contributed by atoms with Crippen molar-refractivity contribution in [2.24, 2.45) is 5.92 Å². The van der Waals surface area contributed by atoms with E-state index in [9.17, 15) is 13.2 Å². The van der Waals surface area contributed by atoms with Crippen molar-refractivity contribution in [1.82, 2.24) is 4.90 Å². The van der Waals surface area contributed by atoms with Gasteiger partial charge in [-0.25, -0.2) is 8.42 Å². The van der Waals surface area contributed by atoms with E-state index in [1.165, 1.54) is 6.26 Å². The van der Waals surface area contributed by atoms with Gasteiger partial charge in [-0.3, -0.25) is 9.69 Å². The van der Waals surface area contributed by atoms with Crippen LogP contribution in [0.3, 0.4) is 0 Å². The maximum absolute atomic E-state index is 11.8. The average Bonchev–Trinajstić information content (AvgIpc) is 2.93. The van der Waals surface area contributed by atoms with Gasteiger partial charge in [0.15, 0.2) is 9.84 Å². The molecule has 1 saturated carbocycles. The molecular weight excluding hydrogens is 266 g/mol. The monoisotopic (exact) mass is 289 g/mol. The van der Waals surface area contributed by atoms with Gasteiger partial charge < -0.3 is 5.11 Å². The van der Waals surface area contributed by atoms with Gasteiger partial charge in [-0.05, 0) is 38.1 Å². The smallest absolute Gasteiger partial charge is 0.303 e. The third-order valence-electron chi connectivity index (χ3n) is 4.52. The molecule has 1 aliphatic heterocycles. The highest BCUT2D eigenvalue weighted by molar-refractivity contribution is 7.91. The van der Waals surface area contributed by atoms with E-state index in [-0.39, 0.29) is 17.7 Å². The minimum absolute atomic E-state index is 0.157. The molecule has 0 radical (unpaired) electrons. The zero-order chi connectivity index (χ0) is 14.0. The third-order valence-corrected chi connectivity index (χ3v) is 6.17. The Morgan fingerprint density at radius 2 is 2.05 bits per heavy atom. The van der Waals surface area contributed by atoms with Crippen LogP contribution in [-0.2, 0) is 14.6 Å². The number of likely N-dealkylation sites (tertiary alicyclic amines) is 1. The van der Waals surface area contributed by atoms with Crippen molar-refractivity contribution in [1.29, 1.82) is 0 Å². The van der Waals surface area contributed by atoms with Crippen LogP contribution in [0.25, 0.3) is 0 Å². The second-order valence-electron chi connectivity index (χ2n) is 5.95. The predicted molar refractivity (Wildman–Crippen MR) is 72.8 cm³/mol. The molecule has 2 fully saturated rings. The molecule has 0 amide bonds. The quantitative estimate of drug-likeness (QED) is 0.821. The molecule has 1 heterocycles. The maximum Gasteiger partial charge on any atom is 0.303 e. The van der Waals surface area contributed by atoms with Crippen molar-refractivity contribution in [2.45, 2.75) is 49.8 Å². The molecule has 0 aromatic carbocycles. The Hall–Kier alpha value is -0.620. The molecule has 2 aliphatic rings. The number of nitrogens with zero attached hydrogens (tertiary/aromatic N) is 1. The summed E-state index contributed by atoms with van der Waals surface area (Å²) < 4.78 is 23.6. The van der Waals surface area contributed by atoms with Crippen LogP contribution >= 0.6 is 0 Å². The molecule has 0 bridgehead atoms. The standard InChI is InChI=1S/C13H23NO4S/c1-19(17,18)12-4-2-3-11(12)14-8-7-10(9-14)5-6-13(15)16/h10-12H,2-9H2,1H3,(H,15,16). The topological polar surface area (TPSA) is 74.7 Å². The number of carbonyl (C=O) groups is 1. The van der Waals surface area contributed by atoms with Crippen LogP contribution in [0.2, 0.25) is 0 Å². The van der Waals surface area contributed by atoms with Crippen molar-refractivity contribution >= 4 is 15.8 Å². The summed E-state index contributed by atoms with van der Waals surface area (Å²) in [5, 5.41) is 8.49. The van der Waals surface area contributed by atoms with E-state index in [1.54, 1.807) is 0 Å². The van der Waals surface area contributed by atoms with Gasteiger partial charge in [0.1, 0.15) is 0 Å². The largest absolute Gasteiger partial charge is 0.481 e. The zero-order valence-electron chi connectivity index (χ0n) is 11.4. The number of carboxylic acid groups (broad SMARTS) is 1. The summed E-state index contributed by atoms with van der Waals surface area (Å²) in [5.74, 6) is -0.328. The van der Waals surface area contributed by atoms with E-state index < -0.39 is 15.8 Å². The lowest BCUT2D eigenvalue weighted by atomic mass is 10.0. The van der Waals surface area contributed by atoms with Crippen LogP contribution in [0.4, 0.5) is 0 Å². The first-order chi connectivity index (χ1) is 8.88. The molecule has 0 spiro atoms. The van der Waals surface area contributed by atoms with Crippen LogP contribution in [0.1, 0.15) is 38.5 Å². The van der Waals surface area contributed by atoms with Gasteiger partial charge in [0.05, 0.1) is 5.25 Å². The number of aliphatic carboxylic acids is 1. The van der Waals surface area contributed by atoms with Crippen molar-refractivity contribution in [3.63, 3.8) is 0 Å². The Labute approximate surface area is 114 Å². The summed E-state index contributed by atoms with van der Waals surface area (Å²) in [6.45, 7) is 1.78. The van der Waals surface area contributed by atoms with Gasteiger partial charge in [0.25, 0.3) is 0 Å². The highest BCUT2D eigenvalue weighted by Crippen LogP contribution is 2.33. The first kappa shape index (κ1) is 14.8. The third kappa shape index (κ3) is 3.69. The fourth-order valence-electron chi connectivity index (χ4n) is 3.55. The molecule has 0 aromatic heterocycles. The summed E-state index contributed by atoms with van der Waals surface area (Å²) in [4.78, 5) is 12.9. The maximum atomic E-state index is 11.8. The summed E-state index contributed by atoms with van der Waals surface area (Å²) in [6.07, 6.45) is 6.00. The zero-order valence-corrected chi connectivity index (χ0v) is 12.2. The van der Waals surface area contributed by atoms with Gasteiger partial charge in [-0.2, -0.15) is 0 Å². The lowest BCUT2D eigenvalue weighted by molar-refractivity contribution is -0.137. The van der Waals surface area contributed by atoms with Gasteiger partial charge in [-0.1, -0.05) is 6.42 Å². The molecular formula is C13H23NO4S. The summed E-state index contributed by atoms with van der Waals surface area (Å²) in [7, 11) is -2.97. The SMILES string of the molecule is CS(=O)(=O)C1CCCC1N1CCC(CCC(=O)O)C1. The fourth-order valence-corrected chi connectivity index (χ4v) is 5.02. The molecule has 3 unspecified atom stereocenters. The van der Waals surface area contributed by atoms with Crippen molar-refractivity contribution in [3.05, 3.63) is 0 Å². The molecule has 19 heavy (non-hydrogen) atoms. The van der Waals surface area contributed by atoms with Crippen LogP contribution < -0.4 is 0 Å². The molecule has 1 N–H and O–H groups in total. The van der Waals surface area contributed by atoms with Crippen molar-refractivity contribution in [3.8, 4) is 0 Å².